The summed E-state index contributed by atoms with van der Waals surface area (Å²) in [5.74, 6) is -0.346. The molecule has 0 saturated heterocycles. The van der Waals surface area contributed by atoms with E-state index < -0.39 is 5.97 Å². The maximum atomic E-state index is 11.8. The van der Waals surface area contributed by atoms with Gasteiger partial charge in [-0.25, -0.2) is 4.79 Å². The predicted octanol–water partition coefficient (Wildman–Crippen LogP) is 2.53. The first kappa shape index (κ1) is 15.6. The van der Waals surface area contributed by atoms with Crippen molar-refractivity contribution in [2.24, 2.45) is 0 Å². The van der Waals surface area contributed by atoms with Gasteiger partial charge in [0.15, 0.2) is 0 Å². The Morgan fingerprint density at radius 3 is 2.41 bits per heavy atom. The molecule has 0 heterocycles. The van der Waals surface area contributed by atoms with Crippen molar-refractivity contribution in [1.82, 2.24) is 0 Å². The topological polar surface area (TPSA) is 58.6 Å². The first-order chi connectivity index (χ1) is 10.7. The van der Waals surface area contributed by atoms with E-state index in [1.165, 1.54) is 0 Å². The van der Waals surface area contributed by atoms with E-state index in [1.54, 1.807) is 31.2 Å². The van der Waals surface area contributed by atoms with Crippen LogP contribution in [0.2, 0.25) is 0 Å². The molecule has 0 saturated carbocycles. The van der Waals surface area contributed by atoms with Crippen LogP contribution in [0.25, 0.3) is 5.76 Å². The van der Waals surface area contributed by atoms with Gasteiger partial charge in [-0.2, -0.15) is 0 Å². The molecular weight excluding hydrogens is 280 g/mol. The fourth-order valence-corrected chi connectivity index (χ4v) is 1.83. The SMILES string of the molecule is CCOC(=O)/C=C(\[O-])c1ccc(OCc2ccccc2)cc1. The van der Waals surface area contributed by atoms with Crippen molar-refractivity contribution in [2.45, 2.75) is 13.5 Å². The van der Waals surface area contributed by atoms with Crippen molar-refractivity contribution in [3.05, 3.63) is 71.8 Å². The van der Waals surface area contributed by atoms with E-state index in [1.807, 2.05) is 30.3 Å². The second-order valence-corrected chi connectivity index (χ2v) is 4.56. The molecule has 0 atom stereocenters. The van der Waals surface area contributed by atoms with Crippen molar-refractivity contribution in [3.8, 4) is 5.75 Å². The standard InChI is InChI=1S/C18H18O4/c1-2-21-18(20)12-17(19)15-8-10-16(11-9-15)22-13-14-6-4-3-5-7-14/h3-12,19H,2,13H2,1H3/p-1/b17-12-. The van der Waals surface area contributed by atoms with Crippen LogP contribution in [0, 0.1) is 0 Å². The van der Waals surface area contributed by atoms with Crippen molar-refractivity contribution in [3.63, 3.8) is 0 Å². The number of carbonyl (C=O) groups excluding carboxylic acids is 1. The van der Waals surface area contributed by atoms with Gasteiger partial charge >= 0.3 is 5.97 Å². The molecule has 0 aromatic heterocycles. The number of ether oxygens (including phenoxy) is 2. The molecule has 2 rings (SSSR count). The second kappa shape index (κ2) is 7.88. The average molecular weight is 297 g/mol. The average Bonchev–Trinajstić information content (AvgIpc) is 2.54. The first-order valence-electron chi connectivity index (χ1n) is 7.01. The highest BCUT2D eigenvalue weighted by Crippen LogP contribution is 2.17. The summed E-state index contributed by atoms with van der Waals surface area (Å²) in [7, 11) is 0. The third-order valence-electron chi connectivity index (χ3n) is 2.92. The van der Waals surface area contributed by atoms with Crippen molar-refractivity contribution >= 4 is 11.7 Å². The molecule has 2 aromatic carbocycles. The van der Waals surface area contributed by atoms with E-state index in [-0.39, 0.29) is 12.4 Å². The van der Waals surface area contributed by atoms with Crippen LogP contribution in [0.1, 0.15) is 18.1 Å². The molecule has 114 valence electrons. The maximum absolute atomic E-state index is 11.8. The third kappa shape index (κ3) is 4.66. The van der Waals surface area contributed by atoms with Crippen molar-refractivity contribution in [1.29, 1.82) is 0 Å². The zero-order valence-electron chi connectivity index (χ0n) is 12.3. The van der Waals surface area contributed by atoms with Crippen LogP contribution in [0.5, 0.6) is 5.75 Å². The molecule has 0 aliphatic heterocycles. The predicted molar refractivity (Wildman–Crippen MR) is 81.8 cm³/mol. The Kier molecular flexibility index (Phi) is 5.60. The molecule has 0 fully saturated rings. The number of benzene rings is 2. The van der Waals surface area contributed by atoms with E-state index in [4.69, 9.17) is 9.47 Å². The largest absolute Gasteiger partial charge is 0.872 e. The van der Waals surface area contributed by atoms with Gasteiger partial charge in [0.1, 0.15) is 12.4 Å². The molecule has 4 heteroatoms. The lowest BCUT2D eigenvalue weighted by molar-refractivity contribution is -0.244. The van der Waals surface area contributed by atoms with Crippen LogP contribution in [0.4, 0.5) is 0 Å². The van der Waals surface area contributed by atoms with Crippen LogP contribution in [-0.2, 0) is 16.1 Å². The molecule has 0 N–H and O–H groups in total. The maximum Gasteiger partial charge on any atom is 0.330 e. The highest BCUT2D eigenvalue weighted by atomic mass is 16.5. The Morgan fingerprint density at radius 1 is 1.09 bits per heavy atom. The summed E-state index contributed by atoms with van der Waals surface area (Å²) < 4.78 is 10.3. The fraction of sp³-hybridized carbons (Fsp3) is 0.167. The van der Waals surface area contributed by atoms with Gasteiger partial charge in [0.25, 0.3) is 0 Å². The van der Waals surface area contributed by atoms with E-state index in [0.717, 1.165) is 11.6 Å². The molecule has 4 nitrogen and oxygen atoms in total. The van der Waals surface area contributed by atoms with E-state index >= 15 is 0 Å². The lowest BCUT2D eigenvalue weighted by Gasteiger charge is -2.13. The van der Waals surface area contributed by atoms with Gasteiger partial charge < -0.3 is 14.6 Å². The van der Waals surface area contributed by atoms with Crippen LogP contribution in [0.15, 0.2) is 60.7 Å². The Bertz CT molecular complexity index is 630. The van der Waals surface area contributed by atoms with Gasteiger partial charge in [-0.3, -0.25) is 0 Å². The summed E-state index contributed by atoms with van der Waals surface area (Å²) >= 11 is 0. The quantitative estimate of drug-likeness (QED) is 0.467. The first-order valence-corrected chi connectivity index (χ1v) is 7.01. The molecule has 0 aliphatic carbocycles. The molecule has 0 amide bonds. The van der Waals surface area contributed by atoms with E-state index in [9.17, 15) is 9.90 Å². The Balaban J connectivity index is 1.96. The smallest absolute Gasteiger partial charge is 0.330 e. The van der Waals surface area contributed by atoms with Crippen LogP contribution < -0.4 is 9.84 Å². The van der Waals surface area contributed by atoms with Crippen molar-refractivity contribution < 1.29 is 19.4 Å². The molecular formula is C18H17O4-. The van der Waals surface area contributed by atoms with Gasteiger partial charge in [-0.15, -0.1) is 0 Å². The van der Waals surface area contributed by atoms with Crippen LogP contribution >= 0.6 is 0 Å². The molecule has 0 spiro atoms. The summed E-state index contributed by atoms with van der Waals surface area (Å²) in [5, 5.41) is 11.8. The monoisotopic (exact) mass is 297 g/mol. The van der Waals surface area contributed by atoms with Gasteiger partial charge in [0.05, 0.1) is 6.61 Å². The minimum Gasteiger partial charge on any atom is -0.872 e. The number of esters is 1. The minimum atomic E-state index is -0.628. The van der Waals surface area contributed by atoms with Gasteiger partial charge in [0, 0.05) is 6.08 Å². The van der Waals surface area contributed by atoms with Gasteiger partial charge in [0.2, 0.25) is 0 Å². The summed E-state index contributed by atoms with van der Waals surface area (Å²) in [5.41, 5.74) is 1.48. The van der Waals surface area contributed by atoms with Crippen LogP contribution in [-0.4, -0.2) is 12.6 Å². The van der Waals surface area contributed by atoms with Crippen molar-refractivity contribution in [2.75, 3.05) is 6.61 Å². The number of hydrogen-bond donors (Lipinski definition) is 0. The number of rotatable bonds is 6. The number of carbonyl (C=O) groups is 1. The molecule has 22 heavy (non-hydrogen) atoms. The molecule has 0 bridgehead atoms. The second-order valence-electron chi connectivity index (χ2n) is 4.56. The summed E-state index contributed by atoms with van der Waals surface area (Å²) in [6.45, 7) is 2.40. The van der Waals surface area contributed by atoms with E-state index in [0.29, 0.717) is 17.9 Å². The Morgan fingerprint density at radius 2 is 1.77 bits per heavy atom. The normalized spacial score (nSPS) is 11.0. The highest BCUT2D eigenvalue weighted by molar-refractivity contribution is 5.89. The zero-order valence-corrected chi connectivity index (χ0v) is 12.3. The van der Waals surface area contributed by atoms with Crippen LogP contribution in [0.3, 0.4) is 0 Å². The molecule has 0 radical (unpaired) electrons. The summed E-state index contributed by atoms with van der Waals surface area (Å²) in [6.07, 6.45) is 0.948. The lowest BCUT2D eigenvalue weighted by atomic mass is 10.1. The summed E-state index contributed by atoms with van der Waals surface area (Å²) in [6, 6.07) is 16.5. The fourth-order valence-electron chi connectivity index (χ4n) is 1.83. The van der Waals surface area contributed by atoms with Gasteiger partial charge in [-0.1, -0.05) is 48.2 Å². The van der Waals surface area contributed by atoms with E-state index in [2.05, 4.69) is 0 Å². The highest BCUT2D eigenvalue weighted by Gasteiger charge is 1.99. The molecule has 0 aliphatic rings. The molecule has 0 unspecified atom stereocenters. The third-order valence-corrected chi connectivity index (χ3v) is 2.92. The number of hydrogen-bond acceptors (Lipinski definition) is 4. The van der Waals surface area contributed by atoms with Gasteiger partial charge in [-0.05, 0) is 30.2 Å². The Labute approximate surface area is 129 Å². The zero-order chi connectivity index (χ0) is 15.8. The minimum absolute atomic E-state index is 0.245. The Hall–Kier alpha value is -2.75. The molecule has 2 aromatic rings. The lowest BCUT2D eigenvalue weighted by Crippen LogP contribution is -2.08. The summed E-state index contributed by atoms with van der Waals surface area (Å²) in [4.78, 5) is 11.2.